The minimum absolute atomic E-state index is 0.176. The van der Waals surface area contributed by atoms with Crippen LogP contribution in [0.25, 0.3) is 0 Å². The van der Waals surface area contributed by atoms with Crippen LogP contribution in [0.15, 0.2) is 17.7 Å². The van der Waals surface area contributed by atoms with Gasteiger partial charge in [0, 0.05) is 17.4 Å². The Bertz CT molecular complexity index is 758. The van der Waals surface area contributed by atoms with Gasteiger partial charge in [-0.2, -0.15) is 0 Å². The molecule has 0 saturated heterocycles. The maximum atomic E-state index is 11.0. The number of ether oxygens (including phenoxy) is 1. The van der Waals surface area contributed by atoms with Crippen LogP contribution in [0.1, 0.15) is 102 Å². The van der Waals surface area contributed by atoms with Gasteiger partial charge in [0.1, 0.15) is 17.1 Å². The molecule has 0 radical (unpaired) electrons. The van der Waals surface area contributed by atoms with Gasteiger partial charge in [-0.15, -0.1) is 0 Å². The van der Waals surface area contributed by atoms with E-state index in [2.05, 4.69) is 39.8 Å². The molecule has 1 unspecified atom stereocenters. The third kappa shape index (κ3) is 3.60. The molecular formula is C26H38O2. The fourth-order valence-corrected chi connectivity index (χ4v) is 6.01. The average molecular weight is 383 g/mol. The van der Waals surface area contributed by atoms with E-state index in [1.54, 1.807) is 0 Å². The highest BCUT2D eigenvalue weighted by Gasteiger charge is 2.47. The molecule has 0 bridgehead atoms. The maximum absolute atomic E-state index is 11.0. The van der Waals surface area contributed by atoms with Crippen LogP contribution in [0.3, 0.4) is 0 Å². The van der Waals surface area contributed by atoms with E-state index in [1.807, 2.05) is 0 Å². The molecule has 0 aromatic heterocycles. The zero-order chi connectivity index (χ0) is 19.9. The van der Waals surface area contributed by atoms with Crippen molar-refractivity contribution < 1.29 is 9.84 Å². The van der Waals surface area contributed by atoms with Crippen molar-refractivity contribution in [3.05, 3.63) is 34.4 Å². The largest absolute Gasteiger partial charge is 0.508 e. The van der Waals surface area contributed by atoms with Crippen LogP contribution in [0.5, 0.6) is 11.5 Å². The molecule has 0 amide bonds. The fourth-order valence-electron chi connectivity index (χ4n) is 6.01. The van der Waals surface area contributed by atoms with Gasteiger partial charge in [-0.25, -0.2) is 0 Å². The molecule has 1 aromatic rings. The monoisotopic (exact) mass is 382 g/mol. The second-order valence-electron chi connectivity index (χ2n) is 10.1. The summed E-state index contributed by atoms with van der Waals surface area (Å²) in [6, 6.07) is 2.08. The van der Waals surface area contributed by atoms with Gasteiger partial charge in [0.05, 0.1) is 0 Å². The number of unbranched alkanes of at least 4 members (excludes halogenated alkanes) is 3. The van der Waals surface area contributed by atoms with Crippen LogP contribution in [0.2, 0.25) is 0 Å². The second-order valence-corrected chi connectivity index (χ2v) is 10.1. The topological polar surface area (TPSA) is 29.5 Å². The van der Waals surface area contributed by atoms with Crippen LogP contribution in [0.4, 0.5) is 0 Å². The van der Waals surface area contributed by atoms with E-state index in [-0.39, 0.29) is 5.60 Å². The molecule has 2 nitrogen and oxygen atoms in total. The third-order valence-electron chi connectivity index (χ3n) is 7.65. The summed E-state index contributed by atoms with van der Waals surface area (Å²) in [6.07, 6.45) is 14.7. The Balaban J connectivity index is 1.66. The van der Waals surface area contributed by atoms with E-state index in [9.17, 15) is 5.11 Å². The number of fused-ring (bicyclic) bond motifs is 5. The molecule has 1 aliphatic heterocycles. The maximum Gasteiger partial charge on any atom is 0.130 e. The molecule has 0 fully saturated rings. The van der Waals surface area contributed by atoms with Gasteiger partial charge < -0.3 is 9.84 Å². The highest BCUT2D eigenvalue weighted by atomic mass is 16.5. The zero-order valence-electron chi connectivity index (χ0n) is 18.3. The second kappa shape index (κ2) is 7.76. The smallest absolute Gasteiger partial charge is 0.130 e. The summed E-state index contributed by atoms with van der Waals surface area (Å²) in [7, 11) is 0. The number of hydrogen-bond acceptors (Lipinski definition) is 2. The third-order valence-corrected chi connectivity index (χ3v) is 7.65. The van der Waals surface area contributed by atoms with Gasteiger partial charge in [0.25, 0.3) is 0 Å². The minimum atomic E-state index is -0.176. The number of phenols is 1. The Hall–Kier alpha value is -1.44. The van der Waals surface area contributed by atoms with Crippen LogP contribution in [-0.4, -0.2) is 10.7 Å². The summed E-state index contributed by atoms with van der Waals surface area (Å²) < 4.78 is 6.71. The van der Waals surface area contributed by atoms with Crippen molar-refractivity contribution in [1.29, 1.82) is 0 Å². The Kier molecular flexibility index (Phi) is 5.51. The molecule has 2 aliphatic carbocycles. The molecular weight excluding hydrogens is 344 g/mol. The Morgan fingerprint density at radius 1 is 1.18 bits per heavy atom. The van der Waals surface area contributed by atoms with Gasteiger partial charge in [-0.05, 0) is 76.0 Å². The van der Waals surface area contributed by atoms with Crippen LogP contribution in [0, 0.1) is 11.8 Å². The standard InChI is InChI=1S/C26H38O2/c1-5-6-7-8-9-18-11-12-19-16-23(27)24-21-14-17(2)10-13-22(21)26(3,4)28-25(24)20(19)15-18/h10,16,18,21-22,27H,5-9,11-15H2,1-4H3/t18?,21-,22-/m1/s1. The number of rotatable bonds is 5. The molecule has 3 aliphatic rings. The Labute approximate surface area is 171 Å². The highest BCUT2D eigenvalue weighted by molar-refractivity contribution is 5.58. The summed E-state index contributed by atoms with van der Waals surface area (Å²) in [5, 5.41) is 11.0. The Morgan fingerprint density at radius 2 is 2.00 bits per heavy atom. The molecule has 28 heavy (non-hydrogen) atoms. The van der Waals surface area contributed by atoms with Crippen molar-refractivity contribution in [2.75, 3.05) is 0 Å². The van der Waals surface area contributed by atoms with E-state index in [4.69, 9.17) is 4.74 Å². The summed E-state index contributed by atoms with van der Waals surface area (Å²) in [5.41, 5.74) is 5.14. The summed E-state index contributed by atoms with van der Waals surface area (Å²) in [4.78, 5) is 0. The van der Waals surface area contributed by atoms with Gasteiger partial charge in [-0.1, -0.05) is 50.7 Å². The first-order valence-electron chi connectivity index (χ1n) is 11.6. The Morgan fingerprint density at radius 3 is 2.79 bits per heavy atom. The lowest BCUT2D eigenvalue weighted by molar-refractivity contribution is 0.00612. The van der Waals surface area contributed by atoms with Crippen molar-refractivity contribution >= 4 is 0 Å². The van der Waals surface area contributed by atoms with E-state index in [1.165, 1.54) is 55.2 Å². The molecule has 1 N–H and O–H groups in total. The first-order valence-corrected chi connectivity index (χ1v) is 11.6. The lowest BCUT2D eigenvalue weighted by Crippen LogP contribution is -2.46. The molecule has 2 heteroatoms. The van der Waals surface area contributed by atoms with E-state index in [0.717, 1.165) is 42.9 Å². The van der Waals surface area contributed by atoms with Crippen molar-refractivity contribution in [3.63, 3.8) is 0 Å². The summed E-state index contributed by atoms with van der Waals surface area (Å²) in [6.45, 7) is 9.03. The number of allylic oxidation sites excluding steroid dienone is 2. The van der Waals surface area contributed by atoms with Crippen molar-refractivity contribution in [2.24, 2.45) is 11.8 Å². The van der Waals surface area contributed by atoms with E-state index in [0.29, 0.717) is 17.6 Å². The SMILES string of the molecule is CCCCCCC1CCc2cc(O)c3c(c2C1)OC(C)(C)[C@@H]1CC=C(C)C[C@@H]31. The lowest BCUT2D eigenvalue weighted by Gasteiger charge is -2.48. The molecule has 0 saturated carbocycles. The molecule has 1 aromatic carbocycles. The van der Waals surface area contributed by atoms with E-state index >= 15 is 0 Å². The molecule has 154 valence electrons. The first-order chi connectivity index (χ1) is 13.4. The lowest BCUT2D eigenvalue weighted by atomic mass is 9.66. The first kappa shape index (κ1) is 19.9. The molecule has 3 atom stereocenters. The number of phenolic OH excluding ortho intramolecular Hbond substituents is 1. The van der Waals surface area contributed by atoms with Crippen molar-refractivity contribution in [1.82, 2.24) is 0 Å². The minimum Gasteiger partial charge on any atom is -0.508 e. The number of aromatic hydroxyl groups is 1. The van der Waals surface area contributed by atoms with Gasteiger partial charge in [0.2, 0.25) is 0 Å². The number of hydrogen-bond donors (Lipinski definition) is 1. The number of aryl methyl sites for hydroxylation is 1. The molecule has 0 spiro atoms. The summed E-state index contributed by atoms with van der Waals surface area (Å²) >= 11 is 0. The molecule has 4 rings (SSSR count). The predicted octanol–water partition coefficient (Wildman–Crippen LogP) is 7.08. The van der Waals surface area contributed by atoms with Crippen molar-refractivity contribution in [3.8, 4) is 11.5 Å². The summed E-state index contributed by atoms with van der Waals surface area (Å²) in [5.74, 6) is 3.14. The number of benzene rings is 1. The van der Waals surface area contributed by atoms with E-state index < -0.39 is 0 Å². The molecule has 1 heterocycles. The quantitative estimate of drug-likeness (QED) is 0.435. The van der Waals surface area contributed by atoms with Crippen LogP contribution < -0.4 is 4.74 Å². The van der Waals surface area contributed by atoms with Gasteiger partial charge >= 0.3 is 0 Å². The average Bonchev–Trinajstić information content (AvgIpc) is 2.64. The fraction of sp³-hybridized carbons (Fsp3) is 0.692. The van der Waals surface area contributed by atoms with Crippen LogP contribution in [-0.2, 0) is 12.8 Å². The van der Waals surface area contributed by atoms with Gasteiger partial charge in [-0.3, -0.25) is 0 Å². The highest BCUT2D eigenvalue weighted by Crippen LogP contribution is 2.56. The van der Waals surface area contributed by atoms with Gasteiger partial charge in [0.15, 0.2) is 0 Å². The van der Waals surface area contributed by atoms with Crippen LogP contribution >= 0.6 is 0 Å². The predicted molar refractivity (Wildman–Crippen MR) is 116 cm³/mol. The zero-order valence-corrected chi connectivity index (χ0v) is 18.3. The van der Waals surface area contributed by atoms with Crippen molar-refractivity contribution in [2.45, 2.75) is 103 Å². The normalized spacial score (nSPS) is 27.9.